The maximum absolute atomic E-state index is 5.97. The number of nitrogens with zero attached hydrogens (tertiary/aromatic N) is 2. The van der Waals surface area contributed by atoms with E-state index in [1.165, 1.54) is 12.0 Å². The largest absolute Gasteiger partial charge is 0.354 e. The lowest BCUT2D eigenvalue weighted by Crippen LogP contribution is -2.42. The summed E-state index contributed by atoms with van der Waals surface area (Å²) < 4.78 is 0. The van der Waals surface area contributed by atoms with Crippen LogP contribution >= 0.6 is 35.6 Å². The van der Waals surface area contributed by atoms with E-state index in [1.54, 1.807) is 0 Å². The number of rotatable bonds is 5. The van der Waals surface area contributed by atoms with Gasteiger partial charge in [-0.3, -0.25) is 4.99 Å². The number of benzene rings is 1. The number of guanidine groups is 1. The number of likely N-dealkylation sites (N-methyl/N-ethyl adjacent to an activating group) is 1. The lowest BCUT2D eigenvalue weighted by molar-refractivity contribution is 0.298. The molecule has 0 radical (unpaired) electrons. The summed E-state index contributed by atoms with van der Waals surface area (Å²) >= 11 is 5.97. The fourth-order valence-electron chi connectivity index (χ4n) is 2.37. The predicted molar refractivity (Wildman–Crippen MR) is 105 cm³/mol. The summed E-state index contributed by atoms with van der Waals surface area (Å²) in [4.78, 5) is 6.49. The molecule has 1 fully saturated rings. The van der Waals surface area contributed by atoms with Crippen molar-refractivity contribution in [2.75, 3.05) is 27.7 Å². The first kappa shape index (κ1) is 19.5. The lowest BCUT2D eigenvalue weighted by Gasteiger charge is -2.26. The van der Waals surface area contributed by atoms with Crippen molar-refractivity contribution < 1.29 is 0 Å². The monoisotopic (exact) mass is 436 g/mol. The molecule has 4 nitrogen and oxygen atoms in total. The molecule has 0 saturated heterocycles. The minimum atomic E-state index is 0. The maximum atomic E-state index is 5.97. The SMILES string of the molecule is CN=C(NCC(c1ccc(Cl)cc1)N(C)C)NC1CC1C.I. The Hall–Kier alpha value is -0.530. The van der Waals surface area contributed by atoms with Gasteiger partial charge in [0.05, 0.1) is 6.04 Å². The Morgan fingerprint density at radius 3 is 2.41 bits per heavy atom. The molecule has 1 saturated carbocycles. The van der Waals surface area contributed by atoms with E-state index in [0.29, 0.717) is 6.04 Å². The molecular formula is C16H26ClIN4. The van der Waals surface area contributed by atoms with E-state index in [-0.39, 0.29) is 30.0 Å². The molecule has 3 unspecified atom stereocenters. The highest BCUT2D eigenvalue weighted by Crippen LogP contribution is 2.28. The molecule has 2 N–H and O–H groups in total. The van der Waals surface area contributed by atoms with Gasteiger partial charge in [-0.2, -0.15) is 0 Å². The molecule has 2 rings (SSSR count). The predicted octanol–water partition coefficient (Wildman–Crippen LogP) is 3.13. The van der Waals surface area contributed by atoms with Crippen molar-refractivity contribution in [3.63, 3.8) is 0 Å². The van der Waals surface area contributed by atoms with Gasteiger partial charge >= 0.3 is 0 Å². The highest BCUT2D eigenvalue weighted by molar-refractivity contribution is 14.0. The Bertz CT molecular complexity index is 489. The fourth-order valence-corrected chi connectivity index (χ4v) is 2.50. The first-order valence-corrected chi connectivity index (χ1v) is 7.78. The van der Waals surface area contributed by atoms with Crippen LogP contribution in [-0.2, 0) is 0 Å². The molecule has 0 amide bonds. The highest BCUT2D eigenvalue weighted by atomic mass is 127. The molecular weight excluding hydrogens is 411 g/mol. The summed E-state index contributed by atoms with van der Waals surface area (Å²) in [5, 5.41) is 7.63. The van der Waals surface area contributed by atoms with E-state index in [9.17, 15) is 0 Å². The van der Waals surface area contributed by atoms with Gasteiger partial charge in [0, 0.05) is 24.7 Å². The molecule has 0 aromatic heterocycles. The van der Waals surface area contributed by atoms with Crippen molar-refractivity contribution in [1.29, 1.82) is 0 Å². The lowest BCUT2D eigenvalue weighted by atomic mass is 10.1. The zero-order valence-corrected chi connectivity index (χ0v) is 16.7. The number of hydrogen-bond acceptors (Lipinski definition) is 2. The van der Waals surface area contributed by atoms with E-state index in [1.807, 2.05) is 19.2 Å². The van der Waals surface area contributed by atoms with E-state index in [2.05, 4.69) is 53.7 Å². The zero-order valence-electron chi connectivity index (χ0n) is 13.6. The molecule has 0 aliphatic heterocycles. The van der Waals surface area contributed by atoms with Gasteiger partial charge in [-0.05, 0) is 44.1 Å². The molecule has 0 spiro atoms. The van der Waals surface area contributed by atoms with Crippen molar-refractivity contribution in [1.82, 2.24) is 15.5 Å². The van der Waals surface area contributed by atoms with Crippen molar-refractivity contribution in [2.45, 2.75) is 25.4 Å². The standard InChI is InChI=1S/C16H25ClN4.HI/c1-11-9-14(11)20-16(18-2)19-10-15(21(3)4)12-5-7-13(17)8-6-12;/h5-8,11,14-15H,9-10H2,1-4H3,(H2,18,19,20);1H. The van der Waals surface area contributed by atoms with Crippen LogP contribution in [0.15, 0.2) is 29.3 Å². The van der Waals surface area contributed by atoms with E-state index < -0.39 is 0 Å². The van der Waals surface area contributed by atoms with Crippen LogP contribution in [0.2, 0.25) is 5.02 Å². The maximum Gasteiger partial charge on any atom is 0.191 e. The number of halogens is 2. The third-order valence-electron chi connectivity index (χ3n) is 4.00. The summed E-state index contributed by atoms with van der Waals surface area (Å²) in [6, 6.07) is 8.88. The third kappa shape index (κ3) is 5.59. The molecule has 6 heteroatoms. The van der Waals surface area contributed by atoms with Crippen molar-refractivity contribution in [3.05, 3.63) is 34.9 Å². The molecule has 0 bridgehead atoms. The van der Waals surface area contributed by atoms with Gasteiger partial charge in [-0.1, -0.05) is 30.7 Å². The Kier molecular flexibility index (Phi) is 7.93. The van der Waals surface area contributed by atoms with E-state index in [0.717, 1.165) is 23.4 Å². The van der Waals surface area contributed by atoms with Crippen molar-refractivity contribution in [2.24, 2.45) is 10.9 Å². The highest BCUT2D eigenvalue weighted by Gasteiger charge is 2.33. The van der Waals surface area contributed by atoms with Crippen LogP contribution in [-0.4, -0.2) is 44.6 Å². The van der Waals surface area contributed by atoms with Crippen molar-refractivity contribution >= 4 is 41.5 Å². The first-order valence-electron chi connectivity index (χ1n) is 7.40. The van der Waals surface area contributed by atoms with Crippen LogP contribution in [0, 0.1) is 5.92 Å². The van der Waals surface area contributed by atoms with Gasteiger partial charge in [0.2, 0.25) is 0 Å². The molecule has 1 aromatic rings. The second-order valence-corrected chi connectivity index (χ2v) is 6.38. The van der Waals surface area contributed by atoms with Crippen LogP contribution in [0.1, 0.15) is 24.9 Å². The number of aliphatic imine (C=N–C) groups is 1. The Labute approximate surface area is 155 Å². The van der Waals surface area contributed by atoms with Gasteiger partial charge in [-0.15, -0.1) is 24.0 Å². The average molecular weight is 437 g/mol. The van der Waals surface area contributed by atoms with Crippen molar-refractivity contribution in [3.8, 4) is 0 Å². The Balaban J connectivity index is 0.00000242. The number of nitrogens with one attached hydrogen (secondary N) is 2. The van der Waals surface area contributed by atoms with Gasteiger partial charge in [0.15, 0.2) is 5.96 Å². The fraction of sp³-hybridized carbons (Fsp3) is 0.562. The Morgan fingerprint density at radius 2 is 1.95 bits per heavy atom. The molecule has 0 heterocycles. The number of hydrogen-bond donors (Lipinski definition) is 2. The zero-order chi connectivity index (χ0) is 15.4. The second-order valence-electron chi connectivity index (χ2n) is 5.95. The molecule has 124 valence electrons. The second kappa shape index (κ2) is 8.93. The quantitative estimate of drug-likeness (QED) is 0.423. The van der Waals surface area contributed by atoms with Crippen LogP contribution in [0.4, 0.5) is 0 Å². The molecule has 1 aromatic carbocycles. The van der Waals surface area contributed by atoms with Gasteiger partial charge in [0.25, 0.3) is 0 Å². The summed E-state index contributed by atoms with van der Waals surface area (Å²) in [6.07, 6.45) is 1.23. The van der Waals surface area contributed by atoms with E-state index >= 15 is 0 Å². The average Bonchev–Trinajstić information content (AvgIpc) is 3.14. The summed E-state index contributed by atoms with van der Waals surface area (Å²) in [5.41, 5.74) is 1.24. The van der Waals surface area contributed by atoms with Crippen LogP contribution in [0.3, 0.4) is 0 Å². The summed E-state index contributed by atoms with van der Waals surface area (Å²) in [5.74, 6) is 1.63. The minimum absolute atomic E-state index is 0. The van der Waals surface area contributed by atoms with Gasteiger partial charge in [-0.25, -0.2) is 0 Å². The Morgan fingerprint density at radius 1 is 1.36 bits per heavy atom. The minimum Gasteiger partial charge on any atom is -0.354 e. The molecule has 1 aliphatic rings. The molecule has 3 atom stereocenters. The van der Waals surface area contributed by atoms with Crippen LogP contribution < -0.4 is 10.6 Å². The smallest absolute Gasteiger partial charge is 0.191 e. The van der Waals surface area contributed by atoms with Gasteiger partial charge < -0.3 is 15.5 Å². The van der Waals surface area contributed by atoms with Gasteiger partial charge in [0.1, 0.15) is 0 Å². The topological polar surface area (TPSA) is 39.7 Å². The van der Waals surface area contributed by atoms with Crippen LogP contribution in [0.5, 0.6) is 0 Å². The van der Waals surface area contributed by atoms with E-state index in [4.69, 9.17) is 11.6 Å². The third-order valence-corrected chi connectivity index (χ3v) is 4.25. The summed E-state index contributed by atoms with van der Waals surface area (Å²) in [6.45, 7) is 3.05. The normalized spacial score (nSPS) is 22.0. The summed E-state index contributed by atoms with van der Waals surface area (Å²) in [7, 11) is 5.98. The van der Waals surface area contributed by atoms with Crippen LogP contribution in [0.25, 0.3) is 0 Å². The first-order chi connectivity index (χ1) is 10.0. The molecule has 22 heavy (non-hydrogen) atoms. The molecule has 1 aliphatic carbocycles.